The number of amides is 6. The lowest BCUT2D eigenvalue weighted by Gasteiger charge is -2.37. The highest BCUT2D eigenvalue weighted by Gasteiger charge is 2.37. The van der Waals surface area contributed by atoms with E-state index in [1.54, 1.807) is 35.2 Å². The van der Waals surface area contributed by atoms with Crippen molar-refractivity contribution in [1.29, 1.82) is 0 Å². The van der Waals surface area contributed by atoms with Crippen LogP contribution < -0.4 is 51.2 Å². The number of guanidine groups is 1. The van der Waals surface area contributed by atoms with Crippen LogP contribution in [0.2, 0.25) is 0 Å². The Morgan fingerprint density at radius 1 is 0.352 bits per heavy atom. The summed E-state index contributed by atoms with van der Waals surface area (Å²) in [7, 11) is 22.3. The third-order valence-corrected chi connectivity index (χ3v) is 7.70. The molecule has 0 saturated carbocycles. The van der Waals surface area contributed by atoms with E-state index < -0.39 is 28.5 Å². The van der Waals surface area contributed by atoms with Crippen molar-refractivity contribution in [3.63, 3.8) is 0 Å². The molecule has 2 aliphatic heterocycles. The number of hydrogen-bond acceptors (Lipinski definition) is 14. The van der Waals surface area contributed by atoms with Gasteiger partial charge in [0.25, 0.3) is 0 Å². The monoisotopic (exact) mass is 767 g/mol. The summed E-state index contributed by atoms with van der Waals surface area (Å²) >= 11 is 0. The molecular weight excluding hydrogens is 722 g/mol. The number of urea groups is 3. The zero-order valence-electron chi connectivity index (χ0n) is 32.7. The van der Waals surface area contributed by atoms with E-state index in [-0.39, 0.29) is 35.2 Å². The number of hydrogen-bond donors (Lipinski definition) is 0. The van der Waals surface area contributed by atoms with Crippen molar-refractivity contribution in [1.82, 2.24) is 56.1 Å². The molecule has 54 heavy (non-hydrogen) atoms. The van der Waals surface area contributed by atoms with Crippen LogP contribution >= 0.6 is 0 Å². The summed E-state index contributed by atoms with van der Waals surface area (Å²) in [6, 6.07) is -0.486. The Morgan fingerprint density at radius 3 is 0.907 bits per heavy atom. The van der Waals surface area contributed by atoms with Gasteiger partial charge in [0.2, 0.25) is 11.6 Å². The van der Waals surface area contributed by atoms with Crippen molar-refractivity contribution in [3.8, 4) is 0 Å². The van der Waals surface area contributed by atoms with Crippen LogP contribution in [0.1, 0.15) is 0 Å². The lowest BCUT2D eigenvalue weighted by atomic mass is 10.5. The van der Waals surface area contributed by atoms with Gasteiger partial charge < -0.3 is 4.42 Å². The molecule has 0 bridgehead atoms. The van der Waals surface area contributed by atoms with E-state index in [1.807, 2.05) is 0 Å². The van der Waals surface area contributed by atoms with Crippen LogP contribution in [0.15, 0.2) is 53.0 Å². The molecule has 2 aliphatic rings. The lowest BCUT2D eigenvalue weighted by Crippen LogP contribution is -2.60. The predicted octanol–water partition coefficient (Wildman–Crippen LogP) is -5.98. The molecule has 298 valence electrons. The summed E-state index contributed by atoms with van der Waals surface area (Å²) in [5.41, 5.74) is -2.65. The van der Waals surface area contributed by atoms with Gasteiger partial charge >= 0.3 is 63.7 Å². The fraction of sp³-hybridized carbons (Fsp3) is 0.536. The van der Waals surface area contributed by atoms with E-state index in [0.717, 1.165) is 43.2 Å². The molecule has 26 heteroatoms. The van der Waals surface area contributed by atoms with Crippen LogP contribution in [-0.2, 0) is 56.4 Å². The molecule has 0 N–H and O–H groups in total. The van der Waals surface area contributed by atoms with Crippen molar-refractivity contribution in [2.45, 2.75) is 0 Å². The molecule has 0 aliphatic carbocycles. The van der Waals surface area contributed by atoms with Gasteiger partial charge in [-0.05, 0) is 0 Å². The molecule has 3 aromatic heterocycles. The highest BCUT2D eigenvalue weighted by Crippen LogP contribution is 2.09. The first kappa shape index (κ1) is 45.1. The van der Waals surface area contributed by atoms with E-state index in [4.69, 9.17) is 0 Å². The second-order valence-electron chi connectivity index (χ2n) is 11.2. The van der Waals surface area contributed by atoms with Crippen LogP contribution in [0.25, 0.3) is 0 Å². The normalized spacial score (nSPS) is 13.3. The van der Waals surface area contributed by atoms with Gasteiger partial charge in [-0.1, -0.05) is 0 Å². The minimum Gasteiger partial charge on any atom is -0.375 e. The van der Waals surface area contributed by atoms with Gasteiger partial charge in [-0.15, -0.1) is 0 Å². The topological polar surface area (TPSA) is 273 Å². The highest BCUT2D eigenvalue weighted by atomic mass is 16.4. The average molecular weight is 768 g/mol. The molecule has 2 saturated heterocycles. The Bertz CT molecular complexity index is 2360. The highest BCUT2D eigenvalue weighted by molar-refractivity contribution is 6.13. The van der Waals surface area contributed by atoms with Crippen molar-refractivity contribution in [2.24, 2.45) is 71.4 Å². The molecule has 2 fully saturated rings. The summed E-state index contributed by atoms with van der Waals surface area (Å²) < 4.78 is 13.0. The molecule has 0 aromatic carbocycles. The number of carbonyl (C=O) groups is 3. The standard InChI is InChI=1S/C7H12N4O2.2C6H9N3O3.C5H9N3O.C4H6N2O2/c1-8-5-9(2)6(12)11(4)7(13)10(5)3;1-7-4-8(2)5(10)9(3)6(11)12-4;1-7-4(10)8(2)6(12)9(3)5(7)11;1-6-4-7(2)5(9)8(4)3;1-5-3(7)6(2)4(5)8/h1-4H3;2*1-3H3;1-3H3;1-2H3. The van der Waals surface area contributed by atoms with Gasteiger partial charge in [-0.3, -0.25) is 33.5 Å². The molecular formula is C28H45N15O11. The maximum atomic E-state index is 11.4. The van der Waals surface area contributed by atoms with Crippen LogP contribution in [0.3, 0.4) is 0 Å². The quantitative estimate of drug-likeness (QED) is 0.208. The van der Waals surface area contributed by atoms with Gasteiger partial charge in [0, 0.05) is 106 Å². The molecule has 6 amide bonds. The Labute approximate surface area is 304 Å². The summed E-state index contributed by atoms with van der Waals surface area (Å²) in [5.74, 6) is 0.0127. The third kappa shape index (κ3) is 8.94. The van der Waals surface area contributed by atoms with Gasteiger partial charge in [-0.2, -0.15) is 0 Å². The smallest absolute Gasteiger partial charge is 0.375 e. The van der Waals surface area contributed by atoms with Gasteiger partial charge in [0.1, 0.15) is 0 Å². The first-order chi connectivity index (χ1) is 24.9. The lowest BCUT2D eigenvalue weighted by molar-refractivity contribution is 0.125. The molecule has 0 unspecified atom stereocenters. The minimum absolute atomic E-state index is 0.00407. The largest absolute Gasteiger partial charge is 0.425 e. The van der Waals surface area contributed by atoms with Crippen LogP contribution in [-0.4, -0.2) is 130 Å². The third-order valence-electron chi connectivity index (χ3n) is 7.70. The zero-order chi connectivity index (χ0) is 42.3. The van der Waals surface area contributed by atoms with E-state index >= 15 is 0 Å². The van der Waals surface area contributed by atoms with Gasteiger partial charge in [0.15, 0.2) is 0 Å². The maximum absolute atomic E-state index is 11.4. The molecule has 5 rings (SSSR count). The number of carbonyl (C=O) groups excluding carboxylic acids is 3. The minimum atomic E-state index is -0.710. The van der Waals surface area contributed by atoms with Crippen LogP contribution in [0, 0.1) is 0 Å². The Balaban J connectivity index is 0.000000341. The Morgan fingerprint density at radius 2 is 0.648 bits per heavy atom. The average Bonchev–Trinajstić information content (AvgIpc) is 3.17. The van der Waals surface area contributed by atoms with E-state index in [9.17, 15) is 47.9 Å². The molecule has 5 heterocycles. The Kier molecular flexibility index (Phi) is 15.1. The molecule has 26 nitrogen and oxygen atoms in total. The number of aliphatic imine (C=N–C) groups is 1. The number of aromatic nitrogens is 8. The van der Waals surface area contributed by atoms with Crippen molar-refractivity contribution < 1.29 is 18.8 Å². The van der Waals surface area contributed by atoms with E-state index in [1.165, 1.54) is 89.4 Å². The first-order valence-electron chi connectivity index (χ1n) is 15.2. The number of imide groups is 2. The molecule has 0 spiro atoms. The summed E-state index contributed by atoms with van der Waals surface area (Å²) in [5, 5.41) is 0. The fourth-order valence-corrected chi connectivity index (χ4v) is 4.39. The maximum Gasteiger partial charge on any atom is 0.425 e. The van der Waals surface area contributed by atoms with E-state index in [0.29, 0.717) is 5.62 Å². The molecule has 0 atom stereocenters. The van der Waals surface area contributed by atoms with Crippen molar-refractivity contribution >= 4 is 24.1 Å². The summed E-state index contributed by atoms with van der Waals surface area (Å²) in [6.07, 6.45) is 0. The second kappa shape index (κ2) is 18.0. The SMILES string of the molecule is CN1C(=O)N(C)C1=O.CN=C1N(C)C(=O)N1C.CN=c1n(C)c(=O)n(C)c(=O)n1C.CN=c1oc(=O)n(C)c(=O)n1C.Cn1c(=O)n(C)c(=O)n(C)c1=O. The summed E-state index contributed by atoms with van der Waals surface area (Å²) in [4.78, 5) is 126. The number of nitrogens with zero attached hydrogens (tertiary/aromatic N) is 15. The molecule has 0 radical (unpaired) electrons. The van der Waals surface area contributed by atoms with Crippen molar-refractivity contribution in [3.05, 3.63) is 84.8 Å². The second-order valence-corrected chi connectivity index (χ2v) is 11.2. The van der Waals surface area contributed by atoms with Gasteiger partial charge in [-0.25, -0.2) is 85.6 Å². The molecule has 3 aromatic rings. The predicted molar refractivity (Wildman–Crippen MR) is 191 cm³/mol. The first-order valence-corrected chi connectivity index (χ1v) is 15.2. The number of rotatable bonds is 0. The fourth-order valence-electron chi connectivity index (χ4n) is 4.39. The van der Waals surface area contributed by atoms with Crippen LogP contribution in [0.5, 0.6) is 0 Å². The van der Waals surface area contributed by atoms with Crippen molar-refractivity contribution in [2.75, 3.05) is 49.3 Å². The summed E-state index contributed by atoms with van der Waals surface area (Å²) in [6.45, 7) is 0. The zero-order valence-corrected chi connectivity index (χ0v) is 32.7. The van der Waals surface area contributed by atoms with Crippen LogP contribution in [0.4, 0.5) is 14.4 Å². The van der Waals surface area contributed by atoms with E-state index in [2.05, 4.69) is 19.4 Å². The van der Waals surface area contributed by atoms with Gasteiger partial charge in [0.05, 0.1) is 0 Å². The Hall–Kier alpha value is -6.89.